The van der Waals surface area contributed by atoms with E-state index in [1.54, 1.807) is 0 Å². The number of anilines is 1. The smallest absolute Gasteiger partial charge is 0.337 e. The van der Waals surface area contributed by atoms with Crippen molar-refractivity contribution < 1.29 is 19.1 Å². The molecule has 1 aliphatic heterocycles. The van der Waals surface area contributed by atoms with Gasteiger partial charge in [0.05, 0.1) is 17.3 Å². The van der Waals surface area contributed by atoms with Crippen LogP contribution in [0.1, 0.15) is 37.0 Å². The second kappa shape index (κ2) is 5.81. The van der Waals surface area contributed by atoms with E-state index in [0.717, 1.165) is 18.9 Å². The van der Waals surface area contributed by atoms with E-state index in [1.165, 1.54) is 12.1 Å². The summed E-state index contributed by atoms with van der Waals surface area (Å²) in [6.07, 6.45) is 1.85. The van der Waals surface area contributed by atoms with Crippen LogP contribution in [0.3, 0.4) is 0 Å². The van der Waals surface area contributed by atoms with Gasteiger partial charge in [0.1, 0.15) is 5.82 Å². The molecule has 21 heavy (non-hydrogen) atoms. The normalized spacial score (nSPS) is 20.8. The van der Waals surface area contributed by atoms with E-state index in [1.807, 2.05) is 13.8 Å². The molecule has 0 aromatic heterocycles. The third-order valence-corrected chi connectivity index (χ3v) is 3.88. The molecule has 1 aromatic carbocycles. The Hall–Kier alpha value is -1.95. The molecule has 6 heteroatoms. The number of amides is 1. The van der Waals surface area contributed by atoms with Gasteiger partial charge >= 0.3 is 5.97 Å². The zero-order valence-electron chi connectivity index (χ0n) is 12.1. The van der Waals surface area contributed by atoms with Crippen molar-refractivity contribution in [2.75, 3.05) is 11.9 Å². The molecule has 0 saturated carbocycles. The highest BCUT2D eigenvalue weighted by Gasteiger charge is 2.37. The van der Waals surface area contributed by atoms with Gasteiger partial charge in [0, 0.05) is 0 Å². The first kappa shape index (κ1) is 15.4. The number of carbonyl (C=O) groups is 2. The average Bonchev–Trinajstić information content (AvgIpc) is 2.40. The van der Waals surface area contributed by atoms with Gasteiger partial charge in [-0.15, -0.1) is 0 Å². The van der Waals surface area contributed by atoms with E-state index >= 15 is 0 Å². The van der Waals surface area contributed by atoms with Crippen molar-refractivity contribution in [3.63, 3.8) is 0 Å². The fraction of sp³-hybridized carbons (Fsp3) is 0.467. The molecule has 1 saturated heterocycles. The lowest BCUT2D eigenvalue weighted by atomic mass is 9.77. The van der Waals surface area contributed by atoms with Gasteiger partial charge in [0.15, 0.2) is 0 Å². The van der Waals surface area contributed by atoms with E-state index in [-0.39, 0.29) is 16.7 Å². The number of para-hydroxylation sites is 1. The van der Waals surface area contributed by atoms with Crippen LogP contribution in [0.25, 0.3) is 0 Å². The lowest BCUT2D eigenvalue weighted by Crippen LogP contribution is -2.53. The number of hydrogen-bond donors (Lipinski definition) is 3. The maximum absolute atomic E-state index is 13.8. The third kappa shape index (κ3) is 3.21. The Kier molecular flexibility index (Phi) is 4.27. The van der Waals surface area contributed by atoms with Crippen LogP contribution in [-0.2, 0) is 4.79 Å². The third-order valence-electron chi connectivity index (χ3n) is 3.88. The van der Waals surface area contributed by atoms with Crippen molar-refractivity contribution >= 4 is 17.6 Å². The molecule has 0 radical (unpaired) electrons. The molecular formula is C15H19FN2O3. The molecule has 1 heterocycles. The number of aromatic carboxylic acids is 1. The highest BCUT2D eigenvalue weighted by molar-refractivity contribution is 6.02. The summed E-state index contributed by atoms with van der Waals surface area (Å²) in [6.45, 7) is 4.64. The van der Waals surface area contributed by atoms with Crippen LogP contribution in [0, 0.1) is 11.2 Å². The Balaban J connectivity index is 2.26. The molecule has 0 aliphatic carbocycles. The molecule has 2 rings (SSSR count). The molecule has 3 N–H and O–H groups in total. The minimum Gasteiger partial charge on any atom is -0.478 e. The van der Waals surface area contributed by atoms with E-state index in [2.05, 4.69) is 10.6 Å². The minimum absolute atomic E-state index is 0.253. The number of halogens is 1. The average molecular weight is 294 g/mol. The number of rotatable bonds is 3. The van der Waals surface area contributed by atoms with Crippen LogP contribution in [0.2, 0.25) is 0 Å². The van der Waals surface area contributed by atoms with Crippen LogP contribution < -0.4 is 10.6 Å². The summed E-state index contributed by atoms with van der Waals surface area (Å²) in [7, 11) is 0. The quantitative estimate of drug-likeness (QED) is 0.799. The van der Waals surface area contributed by atoms with Crippen molar-refractivity contribution in [1.82, 2.24) is 5.32 Å². The molecule has 5 nitrogen and oxygen atoms in total. The minimum atomic E-state index is -1.28. The Morgan fingerprint density at radius 1 is 1.43 bits per heavy atom. The van der Waals surface area contributed by atoms with Crippen LogP contribution in [0.5, 0.6) is 0 Å². The Morgan fingerprint density at radius 2 is 2.14 bits per heavy atom. The lowest BCUT2D eigenvalue weighted by Gasteiger charge is -2.38. The van der Waals surface area contributed by atoms with Crippen molar-refractivity contribution in [1.29, 1.82) is 0 Å². The second-order valence-corrected chi connectivity index (χ2v) is 5.94. The summed E-state index contributed by atoms with van der Waals surface area (Å²) in [4.78, 5) is 23.5. The fourth-order valence-electron chi connectivity index (χ4n) is 2.68. The molecular weight excluding hydrogens is 275 g/mol. The zero-order valence-corrected chi connectivity index (χ0v) is 12.1. The monoisotopic (exact) mass is 294 g/mol. The van der Waals surface area contributed by atoms with Gasteiger partial charge in [-0.25, -0.2) is 9.18 Å². The first-order valence-electron chi connectivity index (χ1n) is 6.89. The van der Waals surface area contributed by atoms with E-state index in [0.29, 0.717) is 6.54 Å². The van der Waals surface area contributed by atoms with Gasteiger partial charge < -0.3 is 15.7 Å². The van der Waals surface area contributed by atoms with Crippen molar-refractivity contribution in [2.24, 2.45) is 5.41 Å². The molecule has 114 valence electrons. The number of benzene rings is 1. The van der Waals surface area contributed by atoms with Crippen LogP contribution in [0.15, 0.2) is 18.2 Å². The van der Waals surface area contributed by atoms with Crippen molar-refractivity contribution in [3.8, 4) is 0 Å². The fourth-order valence-corrected chi connectivity index (χ4v) is 2.68. The predicted molar refractivity (Wildman–Crippen MR) is 76.8 cm³/mol. The van der Waals surface area contributed by atoms with Gasteiger partial charge in [-0.1, -0.05) is 19.9 Å². The van der Waals surface area contributed by atoms with Crippen LogP contribution in [0.4, 0.5) is 10.1 Å². The van der Waals surface area contributed by atoms with Gasteiger partial charge in [-0.05, 0) is 36.9 Å². The second-order valence-electron chi connectivity index (χ2n) is 5.94. The maximum atomic E-state index is 13.8. The Bertz CT molecular complexity index is 572. The summed E-state index contributed by atoms with van der Waals surface area (Å²) in [5.74, 6) is -2.44. The largest absolute Gasteiger partial charge is 0.478 e. The number of hydrogen-bond acceptors (Lipinski definition) is 3. The molecule has 1 aromatic rings. The molecule has 1 atom stereocenters. The predicted octanol–water partition coefficient (Wildman–Crippen LogP) is 2.24. The Morgan fingerprint density at radius 3 is 2.76 bits per heavy atom. The number of piperidine rings is 1. The van der Waals surface area contributed by atoms with Crippen molar-refractivity contribution in [2.45, 2.75) is 32.7 Å². The number of carbonyl (C=O) groups excluding carboxylic acids is 1. The molecule has 1 aliphatic rings. The first-order chi connectivity index (χ1) is 9.83. The highest BCUT2D eigenvalue weighted by Crippen LogP contribution is 2.31. The van der Waals surface area contributed by atoms with Gasteiger partial charge in [-0.3, -0.25) is 4.79 Å². The van der Waals surface area contributed by atoms with Crippen LogP contribution >= 0.6 is 0 Å². The zero-order chi connectivity index (χ0) is 15.6. The lowest BCUT2D eigenvalue weighted by molar-refractivity contribution is -0.121. The molecule has 0 spiro atoms. The summed E-state index contributed by atoms with van der Waals surface area (Å²) in [5.41, 5.74) is -0.799. The van der Waals surface area contributed by atoms with Gasteiger partial charge in [-0.2, -0.15) is 0 Å². The summed E-state index contributed by atoms with van der Waals surface area (Å²) in [5, 5.41) is 14.6. The van der Waals surface area contributed by atoms with Crippen molar-refractivity contribution in [3.05, 3.63) is 29.6 Å². The van der Waals surface area contributed by atoms with Gasteiger partial charge in [0.25, 0.3) is 0 Å². The van der Waals surface area contributed by atoms with E-state index < -0.39 is 23.7 Å². The molecule has 1 fully saturated rings. The maximum Gasteiger partial charge on any atom is 0.337 e. The van der Waals surface area contributed by atoms with Gasteiger partial charge in [0.2, 0.25) is 5.91 Å². The molecule has 1 unspecified atom stereocenters. The molecule has 0 bridgehead atoms. The van der Waals surface area contributed by atoms with Crippen LogP contribution in [-0.4, -0.2) is 29.6 Å². The van der Waals surface area contributed by atoms with E-state index in [9.17, 15) is 14.0 Å². The number of nitrogens with one attached hydrogen (secondary N) is 2. The highest BCUT2D eigenvalue weighted by atomic mass is 19.1. The summed E-state index contributed by atoms with van der Waals surface area (Å²) < 4.78 is 13.8. The molecule has 1 amide bonds. The Labute approximate surface area is 122 Å². The van der Waals surface area contributed by atoms with E-state index in [4.69, 9.17) is 5.11 Å². The first-order valence-corrected chi connectivity index (χ1v) is 6.89. The standard InChI is InChI=1S/C15H19FN2O3/c1-15(2)7-4-8-17-12(15)13(19)18-11-9(14(20)21)5-3-6-10(11)16/h3,5-6,12,17H,4,7-8H2,1-2H3,(H,18,19)(H,20,21). The SMILES string of the molecule is CC1(C)CCCNC1C(=O)Nc1c(F)cccc1C(=O)O. The number of carboxylic acid groups (broad SMARTS) is 1. The summed E-state index contributed by atoms with van der Waals surface area (Å²) in [6, 6.07) is 3.21. The summed E-state index contributed by atoms with van der Waals surface area (Å²) >= 11 is 0. The topological polar surface area (TPSA) is 78.4 Å². The number of carboxylic acids is 1.